The highest BCUT2D eigenvalue weighted by Crippen LogP contribution is 2.34. The van der Waals surface area contributed by atoms with E-state index in [1.165, 1.54) is 0 Å². The lowest BCUT2D eigenvalue weighted by molar-refractivity contribution is 0.0663. The predicted octanol–water partition coefficient (Wildman–Crippen LogP) is 7.45. The highest BCUT2D eigenvalue weighted by atomic mass is 16.5. The van der Waals surface area contributed by atoms with E-state index in [-0.39, 0.29) is 22.9 Å². The summed E-state index contributed by atoms with van der Waals surface area (Å²) in [5, 5.41) is 0. The van der Waals surface area contributed by atoms with Gasteiger partial charge >= 0.3 is 0 Å². The average Bonchev–Trinajstić information content (AvgIpc) is 2.59. The van der Waals surface area contributed by atoms with E-state index in [0.717, 1.165) is 35.8 Å². The fraction of sp³-hybridized carbons (Fsp3) is 0.556. The molecule has 0 heterocycles. The Morgan fingerprint density at radius 3 is 1.81 bits per heavy atom. The van der Waals surface area contributed by atoms with Crippen molar-refractivity contribution < 1.29 is 18.9 Å². The summed E-state index contributed by atoms with van der Waals surface area (Å²) in [6.45, 7) is 18.5. The molecule has 4 heteroatoms. The van der Waals surface area contributed by atoms with Crippen molar-refractivity contribution in [2.75, 3.05) is 0 Å². The van der Waals surface area contributed by atoms with E-state index in [1.807, 2.05) is 90.1 Å². The lowest BCUT2D eigenvalue weighted by Gasteiger charge is -2.30. The van der Waals surface area contributed by atoms with Gasteiger partial charge in [-0.1, -0.05) is 18.2 Å². The van der Waals surface area contributed by atoms with Crippen LogP contribution in [-0.2, 0) is 0 Å². The van der Waals surface area contributed by atoms with Gasteiger partial charge in [-0.05, 0) is 99.4 Å². The molecule has 0 N–H and O–H groups in total. The van der Waals surface area contributed by atoms with Gasteiger partial charge in [0.2, 0.25) is 0 Å². The minimum atomic E-state index is -0.355. The van der Waals surface area contributed by atoms with Gasteiger partial charge in [-0.2, -0.15) is 0 Å². The largest absolute Gasteiger partial charge is 0.491 e. The van der Waals surface area contributed by atoms with Gasteiger partial charge < -0.3 is 18.9 Å². The standard InChI is InChI=1S/C27H40O4/c1-20(28-21-13-12-14-22(19-21)29-25(2,3)4)17-18-27(8,9)31-24-16-11-10-15-23(24)30-26(5,6)7/h10-16,19-20H,17-18H2,1-9H3. The minimum absolute atomic E-state index is 0.0498. The van der Waals surface area contributed by atoms with Crippen LogP contribution in [0.15, 0.2) is 48.5 Å². The molecule has 0 radical (unpaired) electrons. The van der Waals surface area contributed by atoms with Crippen LogP contribution in [0.2, 0.25) is 0 Å². The molecule has 1 unspecified atom stereocenters. The maximum absolute atomic E-state index is 6.35. The van der Waals surface area contributed by atoms with Gasteiger partial charge in [0, 0.05) is 6.07 Å². The highest BCUT2D eigenvalue weighted by molar-refractivity contribution is 5.40. The van der Waals surface area contributed by atoms with Gasteiger partial charge in [-0.15, -0.1) is 0 Å². The van der Waals surface area contributed by atoms with E-state index < -0.39 is 0 Å². The van der Waals surface area contributed by atoms with Crippen LogP contribution in [0, 0.1) is 0 Å². The molecule has 0 saturated carbocycles. The Hall–Kier alpha value is -2.36. The molecule has 0 spiro atoms. The summed E-state index contributed by atoms with van der Waals surface area (Å²) in [5.74, 6) is 3.17. The number of rotatable bonds is 9. The number of ether oxygens (including phenoxy) is 4. The molecule has 4 nitrogen and oxygen atoms in total. The SMILES string of the molecule is CC(CCC(C)(C)Oc1ccccc1OC(C)(C)C)Oc1cccc(OC(C)(C)C)c1. The Kier molecular flexibility index (Phi) is 7.91. The van der Waals surface area contributed by atoms with Crippen molar-refractivity contribution in [1.82, 2.24) is 0 Å². The Labute approximate surface area is 188 Å². The van der Waals surface area contributed by atoms with Crippen molar-refractivity contribution in [2.24, 2.45) is 0 Å². The summed E-state index contributed by atoms with van der Waals surface area (Å²) in [6, 6.07) is 15.7. The van der Waals surface area contributed by atoms with Crippen molar-refractivity contribution in [2.45, 2.75) is 98.1 Å². The van der Waals surface area contributed by atoms with Gasteiger partial charge in [0.25, 0.3) is 0 Å². The second-order valence-electron chi connectivity index (χ2n) is 10.7. The van der Waals surface area contributed by atoms with E-state index in [4.69, 9.17) is 18.9 Å². The summed E-state index contributed by atoms with van der Waals surface area (Å²) < 4.78 is 24.5. The smallest absolute Gasteiger partial charge is 0.162 e. The lowest BCUT2D eigenvalue weighted by Crippen LogP contribution is -2.31. The maximum atomic E-state index is 6.35. The van der Waals surface area contributed by atoms with E-state index in [1.54, 1.807) is 0 Å². The zero-order valence-electron chi connectivity index (χ0n) is 20.7. The second kappa shape index (κ2) is 9.84. The lowest BCUT2D eigenvalue weighted by atomic mass is 10.00. The Balaban J connectivity index is 1.95. The summed E-state index contributed by atoms with van der Waals surface area (Å²) >= 11 is 0. The van der Waals surface area contributed by atoms with Gasteiger partial charge in [0.05, 0.1) is 6.10 Å². The molecule has 0 amide bonds. The third kappa shape index (κ3) is 9.54. The van der Waals surface area contributed by atoms with Crippen molar-refractivity contribution in [1.29, 1.82) is 0 Å². The molecule has 0 fully saturated rings. The molecule has 172 valence electrons. The predicted molar refractivity (Wildman–Crippen MR) is 128 cm³/mol. The van der Waals surface area contributed by atoms with Crippen molar-refractivity contribution >= 4 is 0 Å². The zero-order valence-corrected chi connectivity index (χ0v) is 20.7. The van der Waals surface area contributed by atoms with E-state index in [2.05, 4.69) is 20.8 Å². The highest BCUT2D eigenvalue weighted by Gasteiger charge is 2.24. The molecular weight excluding hydrogens is 388 g/mol. The maximum Gasteiger partial charge on any atom is 0.162 e. The van der Waals surface area contributed by atoms with E-state index in [0.29, 0.717) is 0 Å². The monoisotopic (exact) mass is 428 g/mol. The molecule has 2 aromatic rings. The van der Waals surface area contributed by atoms with Crippen LogP contribution in [0.1, 0.15) is 75.2 Å². The Morgan fingerprint density at radius 1 is 0.677 bits per heavy atom. The van der Waals surface area contributed by atoms with E-state index in [9.17, 15) is 0 Å². The van der Waals surface area contributed by atoms with Crippen molar-refractivity contribution in [3.63, 3.8) is 0 Å². The molecule has 1 atom stereocenters. The van der Waals surface area contributed by atoms with Crippen LogP contribution in [-0.4, -0.2) is 22.9 Å². The molecule has 0 bridgehead atoms. The number of hydrogen-bond acceptors (Lipinski definition) is 4. The molecule has 31 heavy (non-hydrogen) atoms. The zero-order chi connectivity index (χ0) is 23.3. The van der Waals surface area contributed by atoms with Crippen LogP contribution in [0.5, 0.6) is 23.0 Å². The van der Waals surface area contributed by atoms with Crippen LogP contribution in [0.4, 0.5) is 0 Å². The number of benzene rings is 2. The third-order valence-electron chi connectivity index (χ3n) is 4.37. The van der Waals surface area contributed by atoms with Gasteiger partial charge in [0.1, 0.15) is 28.3 Å². The average molecular weight is 429 g/mol. The molecule has 0 aromatic heterocycles. The first-order valence-electron chi connectivity index (χ1n) is 11.2. The van der Waals surface area contributed by atoms with Crippen molar-refractivity contribution in [3.8, 4) is 23.0 Å². The first-order valence-corrected chi connectivity index (χ1v) is 11.2. The Bertz CT molecular complexity index is 828. The number of para-hydroxylation sites is 2. The second-order valence-corrected chi connectivity index (χ2v) is 10.7. The van der Waals surface area contributed by atoms with Crippen LogP contribution >= 0.6 is 0 Å². The third-order valence-corrected chi connectivity index (χ3v) is 4.37. The molecule has 2 rings (SSSR count). The number of hydrogen-bond donors (Lipinski definition) is 0. The van der Waals surface area contributed by atoms with Crippen LogP contribution in [0.3, 0.4) is 0 Å². The fourth-order valence-electron chi connectivity index (χ4n) is 3.10. The summed E-state index contributed by atoms with van der Waals surface area (Å²) in [7, 11) is 0. The molecular formula is C27H40O4. The van der Waals surface area contributed by atoms with Gasteiger partial charge in [-0.3, -0.25) is 0 Å². The van der Waals surface area contributed by atoms with Gasteiger partial charge in [-0.25, -0.2) is 0 Å². The fourth-order valence-corrected chi connectivity index (χ4v) is 3.10. The molecule has 0 aliphatic heterocycles. The molecule has 0 saturated heterocycles. The first kappa shape index (κ1) is 24.9. The topological polar surface area (TPSA) is 36.9 Å². The summed E-state index contributed by atoms with van der Waals surface area (Å²) in [6.07, 6.45) is 1.75. The molecule has 2 aromatic carbocycles. The molecule has 0 aliphatic carbocycles. The normalized spacial score (nSPS) is 13.5. The van der Waals surface area contributed by atoms with Crippen LogP contribution in [0.25, 0.3) is 0 Å². The van der Waals surface area contributed by atoms with Crippen LogP contribution < -0.4 is 18.9 Å². The molecule has 0 aliphatic rings. The minimum Gasteiger partial charge on any atom is -0.491 e. The van der Waals surface area contributed by atoms with Crippen molar-refractivity contribution in [3.05, 3.63) is 48.5 Å². The first-order chi connectivity index (χ1) is 14.2. The summed E-state index contributed by atoms with van der Waals surface area (Å²) in [4.78, 5) is 0. The summed E-state index contributed by atoms with van der Waals surface area (Å²) in [5.41, 5.74) is -0.873. The quantitative estimate of drug-likeness (QED) is 0.416. The van der Waals surface area contributed by atoms with Gasteiger partial charge in [0.15, 0.2) is 11.5 Å². The van der Waals surface area contributed by atoms with E-state index >= 15 is 0 Å². The Morgan fingerprint density at radius 2 is 1.23 bits per heavy atom.